The van der Waals surface area contributed by atoms with E-state index in [1.54, 1.807) is 25.2 Å². The molecule has 0 spiro atoms. The molecular formula is C17H28IN5O4. The number of aliphatic imine (C=N–C) groups is 1. The van der Waals surface area contributed by atoms with Crippen LogP contribution >= 0.6 is 24.0 Å². The number of benzene rings is 1. The van der Waals surface area contributed by atoms with Gasteiger partial charge in [0.1, 0.15) is 5.69 Å². The van der Waals surface area contributed by atoms with Gasteiger partial charge in [0, 0.05) is 46.0 Å². The summed E-state index contributed by atoms with van der Waals surface area (Å²) in [7, 11) is 1.71. The molecule has 0 aliphatic carbocycles. The molecule has 1 unspecified atom stereocenters. The first-order chi connectivity index (χ1) is 12.7. The van der Waals surface area contributed by atoms with Crippen LogP contribution in [-0.2, 0) is 9.47 Å². The lowest BCUT2D eigenvalue weighted by Gasteiger charge is -2.13. The fourth-order valence-electron chi connectivity index (χ4n) is 2.55. The van der Waals surface area contributed by atoms with Gasteiger partial charge in [-0.1, -0.05) is 12.1 Å². The summed E-state index contributed by atoms with van der Waals surface area (Å²) < 4.78 is 11.0. The number of para-hydroxylation sites is 2. The SMILES string of the molecule is CN=C(NCCCOC1CCOC1)NCCNc1ccccc1[N+](=O)[O-].I. The Bertz CT molecular complexity index is 596. The predicted molar refractivity (Wildman–Crippen MR) is 116 cm³/mol. The Balaban J connectivity index is 0.00000364. The maximum Gasteiger partial charge on any atom is 0.292 e. The summed E-state index contributed by atoms with van der Waals surface area (Å²) in [4.78, 5) is 14.7. The number of nitrogens with one attached hydrogen (secondary N) is 3. The highest BCUT2D eigenvalue weighted by Gasteiger charge is 2.15. The zero-order chi connectivity index (χ0) is 18.6. The van der Waals surface area contributed by atoms with Gasteiger partial charge in [0.15, 0.2) is 5.96 Å². The van der Waals surface area contributed by atoms with Gasteiger partial charge in [-0.15, -0.1) is 24.0 Å². The number of rotatable bonds is 10. The molecule has 0 aromatic heterocycles. The summed E-state index contributed by atoms with van der Waals surface area (Å²) in [5.74, 6) is 0.693. The third-order valence-corrected chi connectivity index (χ3v) is 3.91. The van der Waals surface area contributed by atoms with Crippen LogP contribution < -0.4 is 16.0 Å². The van der Waals surface area contributed by atoms with Crippen LogP contribution in [-0.4, -0.2) is 63.5 Å². The molecule has 9 nitrogen and oxygen atoms in total. The average Bonchev–Trinajstić information content (AvgIpc) is 3.16. The first-order valence-electron chi connectivity index (χ1n) is 8.82. The lowest BCUT2D eigenvalue weighted by atomic mass is 10.2. The summed E-state index contributed by atoms with van der Waals surface area (Å²) in [6.45, 7) is 4.06. The van der Waals surface area contributed by atoms with E-state index < -0.39 is 4.92 Å². The molecule has 0 bridgehead atoms. The zero-order valence-electron chi connectivity index (χ0n) is 15.5. The van der Waals surface area contributed by atoms with Crippen molar-refractivity contribution in [3.63, 3.8) is 0 Å². The van der Waals surface area contributed by atoms with Crippen molar-refractivity contribution in [3.8, 4) is 0 Å². The van der Waals surface area contributed by atoms with Crippen LogP contribution in [0.25, 0.3) is 0 Å². The third kappa shape index (κ3) is 8.71. The van der Waals surface area contributed by atoms with Crippen molar-refractivity contribution in [2.75, 3.05) is 51.8 Å². The van der Waals surface area contributed by atoms with Crippen molar-refractivity contribution in [1.82, 2.24) is 10.6 Å². The van der Waals surface area contributed by atoms with E-state index in [9.17, 15) is 10.1 Å². The Morgan fingerprint density at radius 3 is 2.81 bits per heavy atom. The molecule has 0 saturated carbocycles. The molecule has 0 radical (unpaired) electrons. The molecule has 3 N–H and O–H groups in total. The fraction of sp³-hybridized carbons (Fsp3) is 0.588. The van der Waals surface area contributed by atoms with Crippen molar-refractivity contribution in [3.05, 3.63) is 34.4 Å². The predicted octanol–water partition coefficient (Wildman–Crippen LogP) is 1.99. The third-order valence-electron chi connectivity index (χ3n) is 3.91. The second-order valence-corrected chi connectivity index (χ2v) is 5.84. The number of anilines is 1. The van der Waals surface area contributed by atoms with E-state index in [4.69, 9.17) is 9.47 Å². The van der Waals surface area contributed by atoms with Crippen LogP contribution in [0.5, 0.6) is 0 Å². The van der Waals surface area contributed by atoms with Crippen molar-refractivity contribution < 1.29 is 14.4 Å². The maximum atomic E-state index is 11.0. The molecule has 1 aromatic carbocycles. The maximum absolute atomic E-state index is 11.0. The topological polar surface area (TPSA) is 110 Å². The highest BCUT2D eigenvalue weighted by atomic mass is 127. The molecule has 1 heterocycles. The lowest BCUT2D eigenvalue weighted by Crippen LogP contribution is -2.40. The van der Waals surface area contributed by atoms with Crippen LogP contribution in [0.2, 0.25) is 0 Å². The molecule has 27 heavy (non-hydrogen) atoms. The van der Waals surface area contributed by atoms with Gasteiger partial charge in [-0.2, -0.15) is 0 Å². The molecule has 1 aromatic rings. The molecule has 0 amide bonds. The van der Waals surface area contributed by atoms with Crippen LogP contribution in [0, 0.1) is 10.1 Å². The van der Waals surface area contributed by atoms with Crippen LogP contribution in [0.1, 0.15) is 12.8 Å². The van der Waals surface area contributed by atoms with Gasteiger partial charge in [0.25, 0.3) is 5.69 Å². The van der Waals surface area contributed by atoms with Crippen LogP contribution in [0.4, 0.5) is 11.4 Å². The molecule has 1 atom stereocenters. The van der Waals surface area contributed by atoms with Gasteiger partial charge in [0.2, 0.25) is 0 Å². The Hall–Kier alpha value is -1.66. The molecule has 152 valence electrons. The van der Waals surface area contributed by atoms with E-state index in [1.165, 1.54) is 6.07 Å². The van der Waals surface area contributed by atoms with Crippen molar-refractivity contribution in [2.45, 2.75) is 18.9 Å². The van der Waals surface area contributed by atoms with Crippen molar-refractivity contribution in [1.29, 1.82) is 0 Å². The van der Waals surface area contributed by atoms with E-state index in [0.29, 0.717) is 38.0 Å². The van der Waals surface area contributed by atoms with E-state index in [1.807, 2.05) is 0 Å². The minimum atomic E-state index is -0.393. The standard InChI is InChI=1S/C17H27N5O4.HI/c1-18-17(20-8-4-11-26-14-7-12-25-13-14)21-10-9-19-15-5-2-3-6-16(15)22(23)24;/h2-3,5-6,14,19H,4,7-13H2,1H3,(H2,18,20,21);1H. The normalized spacial score (nSPS) is 16.5. The molecule has 1 fully saturated rings. The minimum Gasteiger partial charge on any atom is -0.379 e. The summed E-state index contributed by atoms with van der Waals surface area (Å²) >= 11 is 0. The largest absolute Gasteiger partial charge is 0.379 e. The summed E-state index contributed by atoms with van der Waals surface area (Å²) in [5, 5.41) is 20.4. The quantitative estimate of drug-likeness (QED) is 0.114. The minimum absolute atomic E-state index is 0. The number of guanidine groups is 1. The molecule has 1 aliphatic rings. The van der Waals surface area contributed by atoms with Crippen molar-refractivity contribution >= 4 is 41.3 Å². The van der Waals surface area contributed by atoms with Crippen molar-refractivity contribution in [2.24, 2.45) is 4.99 Å². The van der Waals surface area contributed by atoms with Gasteiger partial charge in [-0.25, -0.2) is 0 Å². The zero-order valence-corrected chi connectivity index (χ0v) is 17.8. The Kier molecular flexibility index (Phi) is 11.7. The van der Waals surface area contributed by atoms with Crippen LogP contribution in [0.15, 0.2) is 29.3 Å². The number of nitro benzene ring substituents is 1. The van der Waals surface area contributed by atoms with Gasteiger partial charge in [-0.05, 0) is 18.9 Å². The molecular weight excluding hydrogens is 465 g/mol. The molecule has 1 saturated heterocycles. The molecule has 2 rings (SSSR count). The number of halogens is 1. The lowest BCUT2D eigenvalue weighted by molar-refractivity contribution is -0.384. The highest BCUT2D eigenvalue weighted by Crippen LogP contribution is 2.22. The average molecular weight is 493 g/mol. The first-order valence-corrected chi connectivity index (χ1v) is 8.82. The molecule has 1 aliphatic heterocycles. The van der Waals surface area contributed by atoms with E-state index >= 15 is 0 Å². The number of nitro groups is 1. The van der Waals surface area contributed by atoms with E-state index in [-0.39, 0.29) is 35.8 Å². The van der Waals surface area contributed by atoms with E-state index in [2.05, 4.69) is 20.9 Å². The fourth-order valence-corrected chi connectivity index (χ4v) is 2.55. The van der Waals surface area contributed by atoms with Gasteiger partial charge in [0.05, 0.1) is 17.6 Å². The number of ether oxygens (including phenoxy) is 2. The number of hydrogen-bond acceptors (Lipinski definition) is 6. The highest BCUT2D eigenvalue weighted by molar-refractivity contribution is 14.0. The van der Waals surface area contributed by atoms with Gasteiger partial charge >= 0.3 is 0 Å². The second-order valence-electron chi connectivity index (χ2n) is 5.84. The smallest absolute Gasteiger partial charge is 0.292 e. The monoisotopic (exact) mass is 493 g/mol. The summed E-state index contributed by atoms with van der Waals surface area (Å²) in [5.41, 5.74) is 0.581. The number of nitrogens with zero attached hydrogens (tertiary/aromatic N) is 2. The summed E-state index contributed by atoms with van der Waals surface area (Å²) in [6, 6.07) is 6.59. The first kappa shape index (κ1) is 23.4. The Morgan fingerprint density at radius 2 is 2.11 bits per heavy atom. The van der Waals surface area contributed by atoms with Gasteiger partial charge in [-0.3, -0.25) is 15.1 Å². The summed E-state index contributed by atoms with van der Waals surface area (Å²) in [6.07, 6.45) is 2.09. The Labute approximate surface area is 176 Å². The van der Waals surface area contributed by atoms with E-state index in [0.717, 1.165) is 26.0 Å². The number of hydrogen-bond donors (Lipinski definition) is 3. The van der Waals surface area contributed by atoms with Gasteiger partial charge < -0.3 is 25.4 Å². The Morgan fingerprint density at radius 1 is 1.33 bits per heavy atom. The van der Waals surface area contributed by atoms with Crippen LogP contribution in [0.3, 0.4) is 0 Å². The second kappa shape index (κ2) is 13.5. The molecule has 10 heteroatoms.